The fourth-order valence-corrected chi connectivity index (χ4v) is 4.88. The normalized spacial score (nSPS) is 39.8. The molecule has 4 nitrogen and oxygen atoms in total. The fraction of sp³-hybridized carbons (Fsp3) is 0.727. The lowest BCUT2D eigenvalue weighted by Crippen LogP contribution is -2.58. The summed E-state index contributed by atoms with van der Waals surface area (Å²) in [6.07, 6.45) is -0.645. The van der Waals surface area contributed by atoms with Crippen LogP contribution in [0.1, 0.15) is 13.3 Å². The lowest BCUT2D eigenvalue weighted by molar-refractivity contribution is -0.222. The third kappa shape index (κ3) is 1.59. The van der Waals surface area contributed by atoms with E-state index < -0.39 is 27.6 Å². The van der Waals surface area contributed by atoms with Crippen molar-refractivity contribution >= 4 is 52.4 Å². The molecule has 0 radical (unpaired) electrons. The molecule has 0 amide bonds. The summed E-state index contributed by atoms with van der Waals surface area (Å²) < 4.78 is 16.0. The second-order valence-corrected chi connectivity index (χ2v) is 6.47. The Morgan fingerprint density at radius 1 is 1.21 bits per heavy atom. The van der Waals surface area contributed by atoms with Gasteiger partial charge in [-0.15, -0.1) is 23.2 Å². The molecule has 0 N–H and O–H groups in total. The summed E-state index contributed by atoms with van der Waals surface area (Å²) in [6.45, 7) is 1.27. The maximum Gasteiger partial charge on any atom is 0.302 e. The van der Waals surface area contributed by atoms with E-state index in [4.69, 9.17) is 60.6 Å². The SMILES string of the molecule is COC1(OC)[C@@]2(Cl)C[C@H](OC(C)=O)[C@@]1(Cl)C(Cl)=C2Cl. The van der Waals surface area contributed by atoms with Gasteiger partial charge >= 0.3 is 5.97 Å². The van der Waals surface area contributed by atoms with Crippen LogP contribution >= 0.6 is 46.4 Å². The zero-order chi connectivity index (χ0) is 14.6. The minimum Gasteiger partial charge on any atom is -0.460 e. The summed E-state index contributed by atoms with van der Waals surface area (Å²) in [5.41, 5.74) is 0. The van der Waals surface area contributed by atoms with Crippen molar-refractivity contribution in [1.82, 2.24) is 0 Å². The van der Waals surface area contributed by atoms with Gasteiger partial charge in [0.2, 0.25) is 5.79 Å². The van der Waals surface area contributed by atoms with E-state index in [-0.39, 0.29) is 16.5 Å². The Morgan fingerprint density at radius 3 is 2.11 bits per heavy atom. The molecule has 2 aliphatic carbocycles. The minimum absolute atomic E-state index is 0.0760. The van der Waals surface area contributed by atoms with E-state index in [9.17, 15) is 4.79 Å². The number of ether oxygens (including phenoxy) is 3. The maximum absolute atomic E-state index is 11.2. The molecule has 2 aliphatic rings. The van der Waals surface area contributed by atoms with Crippen molar-refractivity contribution in [2.75, 3.05) is 14.2 Å². The van der Waals surface area contributed by atoms with Gasteiger partial charge in [-0.3, -0.25) is 4.79 Å². The van der Waals surface area contributed by atoms with Crippen molar-refractivity contribution in [2.24, 2.45) is 0 Å². The monoisotopic (exact) mass is 348 g/mol. The molecule has 2 bridgehead atoms. The van der Waals surface area contributed by atoms with Gasteiger partial charge in [0.05, 0.1) is 10.1 Å². The average Bonchev–Trinajstić information content (AvgIpc) is 2.60. The molecule has 19 heavy (non-hydrogen) atoms. The highest BCUT2D eigenvalue weighted by Gasteiger charge is 2.82. The summed E-state index contributed by atoms with van der Waals surface area (Å²) in [5, 5.41) is 0.227. The van der Waals surface area contributed by atoms with Gasteiger partial charge in [-0.2, -0.15) is 0 Å². The molecule has 2 rings (SSSR count). The minimum atomic E-state index is -1.50. The number of hydrogen-bond donors (Lipinski definition) is 0. The first kappa shape index (κ1) is 15.7. The highest BCUT2D eigenvalue weighted by Crippen LogP contribution is 2.70. The zero-order valence-electron chi connectivity index (χ0n) is 10.4. The van der Waals surface area contributed by atoms with E-state index in [1.54, 1.807) is 0 Å². The van der Waals surface area contributed by atoms with Crippen LogP contribution in [-0.2, 0) is 19.0 Å². The first-order valence-corrected chi connectivity index (χ1v) is 6.94. The van der Waals surface area contributed by atoms with E-state index in [2.05, 4.69) is 0 Å². The van der Waals surface area contributed by atoms with E-state index in [0.717, 1.165) is 0 Å². The van der Waals surface area contributed by atoms with Crippen molar-refractivity contribution < 1.29 is 19.0 Å². The molecule has 1 fully saturated rings. The molecular formula is C11H12Cl4O4. The van der Waals surface area contributed by atoms with Gasteiger partial charge < -0.3 is 14.2 Å². The van der Waals surface area contributed by atoms with Crippen molar-refractivity contribution in [3.8, 4) is 0 Å². The summed E-state index contributed by atoms with van der Waals surface area (Å²) in [6, 6.07) is 0. The van der Waals surface area contributed by atoms with Gasteiger partial charge in [0, 0.05) is 27.6 Å². The lowest BCUT2D eigenvalue weighted by atomic mass is 10.0. The third-order valence-corrected chi connectivity index (χ3v) is 6.22. The number of methoxy groups -OCH3 is 2. The summed E-state index contributed by atoms with van der Waals surface area (Å²) >= 11 is 25.5. The van der Waals surface area contributed by atoms with E-state index >= 15 is 0 Å². The molecule has 0 spiro atoms. The van der Waals surface area contributed by atoms with Crippen LogP contribution in [0.5, 0.6) is 0 Å². The highest BCUT2D eigenvalue weighted by atomic mass is 35.5. The summed E-state index contributed by atoms with van der Waals surface area (Å²) in [4.78, 5) is 8.44. The van der Waals surface area contributed by atoms with E-state index in [1.807, 2.05) is 0 Å². The number of alkyl halides is 2. The second kappa shape index (κ2) is 4.65. The largest absolute Gasteiger partial charge is 0.460 e. The van der Waals surface area contributed by atoms with Crippen molar-refractivity contribution in [1.29, 1.82) is 0 Å². The molecule has 0 unspecified atom stereocenters. The van der Waals surface area contributed by atoms with Crippen LogP contribution in [-0.4, -0.2) is 41.8 Å². The number of hydrogen-bond acceptors (Lipinski definition) is 4. The molecule has 108 valence electrons. The van der Waals surface area contributed by atoms with Crippen molar-refractivity contribution in [3.05, 3.63) is 10.1 Å². The van der Waals surface area contributed by atoms with Crippen molar-refractivity contribution in [2.45, 2.75) is 35.0 Å². The molecular weight excluding hydrogens is 338 g/mol. The lowest BCUT2D eigenvalue weighted by Gasteiger charge is -2.40. The number of carbonyl (C=O) groups excluding carboxylic acids is 1. The van der Waals surface area contributed by atoms with E-state index in [0.29, 0.717) is 0 Å². The quantitative estimate of drug-likeness (QED) is 0.446. The van der Waals surface area contributed by atoms with Crippen LogP contribution in [0.3, 0.4) is 0 Å². The van der Waals surface area contributed by atoms with Gasteiger partial charge in [-0.1, -0.05) is 23.2 Å². The van der Waals surface area contributed by atoms with Crippen LogP contribution in [0.15, 0.2) is 10.1 Å². The van der Waals surface area contributed by atoms with Gasteiger partial charge in [-0.25, -0.2) is 0 Å². The van der Waals surface area contributed by atoms with Crippen LogP contribution in [0, 0.1) is 0 Å². The fourth-order valence-electron chi connectivity index (χ4n) is 2.91. The smallest absolute Gasteiger partial charge is 0.302 e. The Hall–Kier alpha value is 0.290. The summed E-state index contributed by atoms with van der Waals surface area (Å²) in [5.74, 6) is -2.00. The maximum atomic E-state index is 11.2. The number of carbonyl (C=O) groups is 1. The highest BCUT2D eigenvalue weighted by molar-refractivity contribution is 6.52. The van der Waals surface area contributed by atoms with Crippen LogP contribution < -0.4 is 0 Å². The van der Waals surface area contributed by atoms with E-state index in [1.165, 1.54) is 21.1 Å². The molecule has 0 aromatic rings. The average molecular weight is 350 g/mol. The van der Waals surface area contributed by atoms with Gasteiger partial charge in [-0.05, 0) is 0 Å². The third-order valence-electron chi connectivity index (χ3n) is 3.65. The molecule has 3 atom stereocenters. The number of rotatable bonds is 3. The Kier molecular flexibility index (Phi) is 3.84. The van der Waals surface area contributed by atoms with Crippen molar-refractivity contribution in [3.63, 3.8) is 0 Å². The zero-order valence-corrected chi connectivity index (χ0v) is 13.5. The first-order valence-electron chi connectivity index (χ1n) is 5.43. The molecule has 0 aliphatic heterocycles. The Labute approximate surface area is 130 Å². The van der Waals surface area contributed by atoms with Gasteiger partial charge in [0.15, 0.2) is 4.87 Å². The number of fused-ring (bicyclic) bond motifs is 2. The predicted octanol–water partition coefficient (Wildman–Crippen LogP) is 2.97. The Morgan fingerprint density at radius 2 is 1.74 bits per heavy atom. The second-order valence-electron chi connectivity index (χ2n) is 4.47. The molecule has 0 aromatic heterocycles. The topological polar surface area (TPSA) is 44.8 Å². The van der Waals surface area contributed by atoms with Crippen LogP contribution in [0.25, 0.3) is 0 Å². The molecule has 0 saturated heterocycles. The molecule has 0 heterocycles. The van der Waals surface area contributed by atoms with Gasteiger partial charge in [0.1, 0.15) is 11.0 Å². The number of halogens is 4. The predicted molar refractivity (Wildman–Crippen MR) is 72.8 cm³/mol. The Balaban J connectivity index is 2.61. The standard InChI is InChI=1S/C11H12Cl4O4/c1-5(16)19-6-4-9(14)7(12)8(13)10(6,15)11(9,17-2)18-3/h6H,4H2,1-3H3/t6-,9+,10+/m0/s1. The van der Waals surface area contributed by atoms with Gasteiger partial charge in [0.25, 0.3) is 0 Å². The number of esters is 1. The first-order chi connectivity index (χ1) is 8.71. The van der Waals surface area contributed by atoms with Crippen LogP contribution in [0.2, 0.25) is 0 Å². The molecule has 8 heteroatoms. The summed E-state index contributed by atoms with van der Waals surface area (Å²) in [7, 11) is 2.77. The van der Waals surface area contributed by atoms with Crippen LogP contribution in [0.4, 0.5) is 0 Å². The Bertz CT molecular complexity index is 462. The molecule has 1 saturated carbocycles. The molecule has 0 aromatic carbocycles.